The number of nitrogens with one attached hydrogen (secondary N) is 1. The monoisotopic (exact) mass is 259 g/mol. The van der Waals surface area contributed by atoms with E-state index < -0.39 is 18.1 Å². The van der Waals surface area contributed by atoms with Crippen molar-refractivity contribution in [3.63, 3.8) is 0 Å². The smallest absolute Gasteiger partial charge is 0.407 e. The molecule has 17 heavy (non-hydrogen) atoms. The highest BCUT2D eigenvalue weighted by Gasteiger charge is 2.19. The van der Waals surface area contributed by atoms with Crippen molar-refractivity contribution in [2.75, 3.05) is 13.2 Å². The van der Waals surface area contributed by atoms with E-state index in [0.717, 1.165) is 4.88 Å². The van der Waals surface area contributed by atoms with Crippen LogP contribution in [0.5, 0.6) is 0 Å². The van der Waals surface area contributed by atoms with Gasteiger partial charge >= 0.3 is 12.1 Å². The van der Waals surface area contributed by atoms with Crippen LogP contribution in [0.2, 0.25) is 0 Å². The molecule has 0 spiro atoms. The summed E-state index contributed by atoms with van der Waals surface area (Å²) in [6.45, 7) is -0.383. The van der Waals surface area contributed by atoms with Crippen molar-refractivity contribution < 1.29 is 24.5 Å². The molecule has 6 nitrogen and oxygen atoms in total. The lowest BCUT2D eigenvalue weighted by Crippen LogP contribution is -2.30. The van der Waals surface area contributed by atoms with Gasteiger partial charge in [0.15, 0.2) is 0 Å². The molecule has 0 saturated heterocycles. The number of amides is 1. The lowest BCUT2D eigenvalue weighted by molar-refractivity contribution is -0.137. The summed E-state index contributed by atoms with van der Waals surface area (Å²) in [5.41, 5.74) is 0. The van der Waals surface area contributed by atoms with Crippen molar-refractivity contribution in [1.82, 2.24) is 5.32 Å². The van der Waals surface area contributed by atoms with Gasteiger partial charge in [0.2, 0.25) is 0 Å². The van der Waals surface area contributed by atoms with Gasteiger partial charge in [0.1, 0.15) is 6.61 Å². The number of thiophene rings is 1. The molecule has 1 aromatic heterocycles. The Labute approximate surface area is 102 Å². The number of carboxylic acid groups (broad SMARTS) is 1. The van der Waals surface area contributed by atoms with Crippen LogP contribution in [-0.2, 0) is 9.53 Å². The van der Waals surface area contributed by atoms with E-state index in [9.17, 15) is 9.59 Å². The Hall–Kier alpha value is -1.60. The van der Waals surface area contributed by atoms with E-state index in [4.69, 9.17) is 10.2 Å². The van der Waals surface area contributed by atoms with Gasteiger partial charge in [-0.25, -0.2) is 4.79 Å². The summed E-state index contributed by atoms with van der Waals surface area (Å²) >= 11 is 1.36. The Morgan fingerprint density at radius 3 is 2.82 bits per heavy atom. The van der Waals surface area contributed by atoms with Gasteiger partial charge in [0, 0.05) is 4.88 Å². The maximum atomic E-state index is 11.3. The summed E-state index contributed by atoms with van der Waals surface area (Å²) < 4.78 is 4.61. The summed E-state index contributed by atoms with van der Waals surface area (Å²) in [4.78, 5) is 22.7. The Morgan fingerprint density at radius 1 is 1.53 bits per heavy atom. The summed E-state index contributed by atoms with van der Waals surface area (Å²) in [5.74, 6) is -1.01. The fourth-order valence-electron chi connectivity index (χ4n) is 1.21. The number of hydrogen-bond donors (Lipinski definition) is 3. The van der Waals surface area contributed by atoms with Crippen LogP contribution in [0.25, 0.3) is 0 Å². The van der Waals surface area contributed by atoms with Gasteiger partial charge in [-0.05, 0) is 11.4 Å². The molecule has 0 aliphatic heterocycles. The normalized spacial score (nSPS) is 11.8. The Morgan fingerprint density at radius 2 is 2.29 bits per heavy atom. The van der Waals surface area contributed by atoms with Crippen LogP contribution >= 0.6 is 11.3 Å². The van der Waals surface area contributed by atoms with Crippen molar-refractivity contribution in [3.8, 4) is 0 Å². The molecule has 0 radical (unpaired) electrons. The van der Waals surface area contributed by atoms with E-state index in [2.05, 4.69) is 10.1 Å². The second-order valence-corrected chi connectivity index (χ2v) is 4.15. The van der Waals surface area contributed by atoms with Gasteiger partial charge in [-0.15, -0.1) is 11.3 Å². The number of aliphatic hydroxyl groups excluding tert-OH is 1. The molecule has 94 valence electrons. The molecule has 1 aromatic rings. The number of rotatable bonds is 6. The highest BCUT2D eigenvalue weighted by Crippen LogP contribution is 2.22. The third-order valence-corrected chi connectivity index (χ3v) is 2.87. The Kier molecular flexibility index (Phi) is 5.44. The standard InChI is InChI=1S/C10H13NO5S/c12-3-4-16-10(15)11-7(6-9(13)14)8-2-1-5-17-8/h1-2,5,7,12H,3-4,6H2,(H,11,15)(H,13,14). The molecule has 1 unspecified atom stereocenters. The largest absolute Gasteiger partial charge is 0.481 e. The molecule has 1 atom stereocenters. The average molecular weight is 259 g/mol. The number of aliphatic hydroxyl groups is 1. The number of alkyl carbamates (subject to hydrolysis) is 1. The maximum absolute atomic E-state index is 11.3. The van der Waals surface area contributed by atoms with Gasteiger partial charge in [-0.2, -0.15) is 0 Å². The lowest BCUT2D eigenvalue weighted by Gasteiger charge is -2.15. The van der Waals surface area contributed by atoms with Crippen molar-refractivity contribution in [2.45, 2.75) is 12.5 Å². The molecule has 0 aliphatic carbocycles. The van der Waals surface area contributed by atoms with Crippen LogP contribution in [-0.4, -0.2) is 35.5 Å². The first-order chi connectivity index (χ1) is 8.13. The van der Waals surface area contributed by atoms with Gasteiger partial charge < -0.3 is 20.3 Å². The van der Waals surface area contributed by atoms with Crippen molar-refractivity contribution in [1.29, 1.82) is 0 Å². The zero-order valence-electron chi connectivity index (χ0n) is 8.96. The minimum atomic E-state index is -1.01. The molecule has 0 saturated carbocycles. The molecule has 1 heterocycles. The molecular weight excluding hydrogens is 246 g/mol. The third-order valence-electron chi connectivity index (χ3n) is 1.88. The summed E-state index contributed by atoms with van der Waals surface area (Å²) in [5, 5.41) is 21.5. The summed E-state index contributed by atoms with van der Waals surface area (Å²) in [6.07, 6.45) is -0.951. The van der Waals surface area contributed by atoms with E-state index in [1.807, 2.05) is 0 Å². The highest BCUT2D eigenvalue weighted by atomic mass is 32.1. The zero-order chi connectivity index (χ0) is 12.7. The van der Waals surface area contributed by atoms with Gasteiger partial charge in [0.05, 0.1) is 19.1 Å². The van der Waals surface area contributed by atoms with E-state index >= 15 is 0 Å². The number of carbonyl (C=O) groups excluding carboxylic acids is 1. The topological polar surface area (TPSA) is 95.9 Å². The number of carboxylic acids is 1. The van der Waals surface area contributed by atoms with E-state index in [0.29, 0.717) is 0 Å². The van der Waals surface area contributed by atoms with E-state index in [-0.39, 0.29) is 19.6 Å². The van der Waals surface area contributed by atoms with Crippen LogP contribution in [0, 0.1) is 0 Å². The lowest BCUT2D eigenvalue weighted by atomic mass is 10.2. The Balaban J connectivity index is 2.58. The zero-order valence-corrected chi connectivity index (χ0v) is 9.77. The summed E-state index contributed by atoms with van der Waals surface area (Å²) in [6, 6.07) is 2.90. The number of hydrogen-bond acceptors (Lipinski definition) is 5. The van der Waals surface area contributed by atoms with Crippen LogP contribution in [0.15, 0.2) is 17.5 Å². The number of ether oxygens (including phenoxy) is 1. The van der Waals surface area contributed by atoms with Crippen LogP contribution in [0.4, 0.5) is 4.79 Å². The van der Waals surface area contributed by atoms with Crippen LogP contribution in [0.1, 0.15) is 17.3 Å². The van der Waals surface area contributed by atoms with Gasteiger partial charge in [0.25, 0.3) is 0 Å². The fraction of sp³-hybridized carbons (Fsp3) is 0.400. The predicted molar refractivity (Wildman–Crippen MR) is 60.9 cm³/mol. The molecule has 0 aromatic carbocycles. The average Bonchev–Trinajstić information content (AvgIpc) is 2.78. The SMILES string of the molecule is O=C(O)CC(NC(=O)OCCO)c1cccs1. The van der Waals surface area contributed by atoms with Crippen molar-refractivity contribution in [3.05, 3.63) is 22.4 Å². The quantitative estimate of drug-likeness (QED) is 0.707. The van der Waals surface area contributed by atoms with Gasteiger partial charge in [-0.1, -0.05) is 6.07 Å². The first-order valence-corrected chi connectivity index (χ1v) is 5.80. The molecule has 0 aliphatic rings. The molecule has 1 amide bonds. The van der Waals surface area contributed by atoms with Gasteiger partial charge in [-0.3, -0.25) is 4.79 Å². The first kappa shape index (κ1) is 13.5. The van der Waals surface area contributed by atoms with E-state index in [1.165, 1.54) is 11.3 Å². The minimum Gasteiger partial charge on any atom is -0.481 e. The first-order valence-electron chi connectivity index (χ1n) is 4.93. The maximum Gasteiger partial charge on any atom is 0.407 e. The predicted octanol–water partition coefficient (Wildman–Crippen LogP) is 0.982. The fourth-order valence-corrected chi connectivity index (χ4v) is 1.99. The van der Waals surface area contributed by atoms with E-state index in [1.54, 1.807) is 17.5 Å². The van der Waals surface area contributed by atoms with Crippen molar-refractivity contribution in [2.24, 2.45) is 0 Å². The molecule has 0 bridgehead atoms. The minimum absolute atomic E-state index is 0.115. The molecule has 3 N–H and O–H groups in total. The molecular formula is C10H13NO5S. The number of carbonyl (C=O) groups is 2. The van der Waals surface area contributed by atoms with Crippen molar-refractivity contribution >= 4 is 23.4 Å². The second kappa shape index (κ2) is 6.87. The van der Waals surface area contributed by atoms with Crippen LogP contribution in [0.3, 0.4) is 0 Å². The highest BCUT2D eigenvalue weighted by molar-refractivity contribution is 7.10. The summed E-state index contributed by atoms with van der Waals surface area (Å²) in [7, 11) is 0. The second-order valence-electron chi connectivity index (χ2n) is 3.17. The van der Waals surface area contributed by atoms with Crippen LogP contribution < -0.4 is 5.32 Å². The third kappa shape index (κ3) is 4.83. The Bertz CT molecular complexity index is 365. The number of aliphatic carboxylic acids is 1. The molecule has 1 rings (SSSR count). The molecule has 0 fully saturated rings. The molecule has 7 heteroatoms.